The first-order valence-electron chi connectivity index (χ1n) is 6.04. The van der Waals surface area contributed by atoms with Gasteiger partial charge in [-0.05, 0) is 20.8 Å². The molecule has 0 saturated carbocycles. The van der Waals surface area contributed by atoms with Crippen LogP contribution in [0.2, 0.25) is 0 Å². The zero-order valence-electron chi connectivity index (χ0n) is 11.1. The molecule has 0 aliphatic carbocycles. The van der Waals surface area contributed by atoms with Crippen molar-refractivity contribution in [2.24, 2.45) is 0 Å². The fraction of sp³-hybridized carbons (Fsp3) is 0.583. The van der Waals surface area contributed by atoms with Crippen LogP contribution in [-0.4, -0.2) is 25.2 Å². The van der Waals surface area contributed by atoms with Gasteiger partial charge >= 0.3 is 0 Å². The molecule has 98 valence electrons. The van der Waals surface area contributed by atoms with Gasteiger partial charge in [-0.3, -0.25) is 0 Å². The molecule has 0 unspecified atom stereocenters. The number of nitrogens with zero attached hydrogens (tertiary/aromatic N) is 4. The summed E-state index contributed by atoms with van der Waals surface area (Å²) < 4.78 is 6.81. The van der Waals surface area contributed by atoms with Crippen LogP contribution in [0.5, 0.6) is 0 Å². The first kappa shape index (κ1) is 12.8. The van der Waals surface area contributed by atoms with Crippen LogP contribution in [-0.2, 0) is 19.5 Å². The van der Waals surface area contributed by atoms with Crippen molar-refractivity contribution in [2.45, 2.75) is 45.8 Å². The Morgan fingerprint density at radius 1 is 1.39 bits per heavy atom. The molecule has 0 aromatic carbocycles. The smallest absolute Gasteiger partial charge is 0.213 e. The van der Waals surface area contributed by atoms with Crippen LogP contribution in [0.1, 0.15) is 32.3 Å². The molecule has 2 heterocycles. The summed E-state index contributed by atoms with van der Waals surface area (Å²) in [4.78, 5) is 8.18. The molecule has 6 nitrogen and oxygen atoms in total. The van der Waals surface area contributed by atoms with Gasteiger partial charge in [0.05, 0.1) is 12.0 Å². The Labute approximate surface area is 106 Å². The van der Waals surface area contributed by atoms with Crippen LogP contribution in [0, 0.1) is 0 Å². The molecular weight excluding hydrogens is 230 g/mol. The van der Waals surface area contributed by atoms with Gasteiger partial charge in [-0.15, -0.1) is 0 Å². The number of aryl methyl sites for hydroxylation is 2. The van der Waals surface area contributed by atoms with Crippen molar-refractivity contribution in [1.29, 1.82) is 0 Å². The summed E-state index contributed by atoms with van der Waals surface area (Å²) in [6.07, 6.45) is 5.81. The van der Waals surface area contributed by atoms with Gasteiger partial charge in [0.1, 0.15) is 0 Å². The third-order valence-corrected chi connectivity index (χ3v) is 2.58. The van der Waals surface area contributed by atoms with Crippen molar-refractivity contribution in [3.8, 4) is 0 Å². The van der Waals surface area contributed by atoms with E-state index in [9.17, 15) is 0 Å². The summed E-state index contributed by atoms with van der Waals surface area (Å²) in [5, 5.41) is 7.24. The molecule has 18 heavy (non-hydrogen) atoms. The van der Waals surface area contributed by atoms with Crippen molar-refractivity contribution in [3.63, 3.8) is 0 Å². The minimum Gasteiger partial charge on any atom is -0.343 e. The van der Waals surface area contributed by atoms with E-state index in [0.717, 1.165) is 31.0 Å². The van der Waals surface area contributed by atoms with Gasteiger partial charge < -0.3 is 14.4 Å². The lowest BCUT2D eigenvalue weighted by molar-refractivity contribution is 0.405. The van der Waals surface area contributed by atoms with E-state index in [1.165, 1.54) is 6.39 Å². The molecule has 2 rings (SSSR count). The molecule has 0 bridgehead atoms. The van der Waals surface area contributed by atoms with Gasteiger partial charge in [-0.25, -0.2) is 4.98 Å². The number of rotatable bonds is 5. The van der Waals surface area contributed by atoms with Gasteiger partial charge in [-0.1, -0.05) is 5.16 Å². The van der Waals surface area contributed by atoms with Crippen LogP contribution in [0.3, 0.4) is 0 Å². The quantitative estimate of drug-likeness (QED) is 0.867. The van der Waals surface area contributed by atoms with E-state index in [0.29, 0.717) is 0 Å². The van der Waals surface area contributed by atoms with Gasteiger partial charge in [0, 0.05) is 31.2 Å². The Kier molecular flexibility index (Phi) is 3.76. The van der Waals surface area contributed by atoms with E-state index in [-0.39, 0.29) is 5.54 Å². The molecular formula is C12H19N5O. The Hall–Kier alpha value is -1.69. The van der Waals surface area contributed by atoms with E-state index in [4.69, 9.17) is 4.52 Å². The van der Waals surface area contributed by atoms with Crippen LogP contribution >= 0.6 is 0 Å². The summed E-state index contributed by atoms with van der Waals surface area (Å²) in [7, 11) is 0. The Balaban J connectivity index is 1.91. The second-order valence-corrected chi connectivity index (χ2v) is 5.28. The van der Waals surface area contributed by atoms with E-state index >= 15 is 0 Å². The van der Waals surface area contributed by atoms with Gasteiger partial charge in [-0.2, -0.15) is 4.98 Å². The molecule has 1 N–H and O–H groups in total. The van der Waals surface area contributed by atoms with Crippen molar-refractivity contribution in [2.75, 3.05) is 0 Å². The van der Waals surface area contributed by atoms with Crippen LogP contribution < -0.4 is 5.32 Å². The second kappa shape index (κ2) is 5.30. The van der Waals surface area contributed by atoms with Crippen LogP contribution in [0.25, 0.3) is 0 Å². The first-order chi connectivity index (χ1) is 8.54. The van der Waals surface area contributed by atoms with E-state index in [1.54, 1.807) is 0 Å². The van der Waals surface area contributed by atoms with Crippen LogP contribution in [0.15, 0.2) is 23.4 Å². The number of imidazole rings is 1. The monoisotopic (exact) mass is 249 g/mol. The molecule has 2 aromatic rings. The molecule has 6 heteroatoms. The van der Waals surface area contributed by atoms with Crippen molar-refractivity contribution in [1.82, 2.24) is 25.0 Å². The molecule has 0 amide bonds. The van der Waals surface area contributed by atoms with E-state index < -0.39 is 0 Å². The molecule has 0 radical (unpaired) electrons. The minimum atomic E-state index is 0.1000. The number of hydrogen-bond donors (Lipinski definition) is 1. The summed E-state index contributed by atoms with van der Waals surface area (Å²) in [5.41, 5.74) is 1.26. The first-order valence-corrected chi connectivity index (χ1v) is 6.04. The predicted octanol–water partition coefficient (Wildman–Crippen LogP) is 1.40. The largest absolute Gasteiger partial charge is 0.343 e. The fourth-order valence-electron chi connectivity index (χ4n) is 1.58. The lowest BCUT2D eigenvalue weighted by Crippen LogP contribution is -2.35. The number of hydrogen-bond acceptors (Lipinski definition) is 5. The van der Waals surface area contributed by atoms with Crippen molar-refractivity contribution >= 4 is 0 Å². The fourth-order valence-corrected chi connectivity index (χ4v) is 1.58. The highest BCUT2D eigenvalue weighted by Gasteiger charge is 2.10. The maximum atomic E-state index is 4.71. The number of aromatic nitrogens is 4. The van der Waals surface area contributed by atoms with Gasteiger partial charge in [0.15, 0.2) is 5.82 Å². The lowest BCUT2D eigenvalue weighted by atomic mass is 10.1. The summed E-state index contributed by atoms with van der Waals surface area (Å²) in [6, 6.07) is 0. The zero-order valence-corrected chi connectivity index (χ0v) is 11.1. The summed E-state index contributed by atoms with van der Waals surface area (Å²) in [6.45, 7) is 8.05. The SMILES string of the molecule is CC(C)(C)NCc1cncn1CCc1ncon1. The van der Waals surface area contributed by atoms with Gasteiger partial charge in [0.25, 0.3) is 0 Å². The summed E-state index contributed by atoms with van der Waals surface area (Å²) in [5.74, 6) is 0.721. The average Bonchev–Trinajstić information content (AvgIpc) is 2.94. The zero-order chi connectivity index (χ0) is 13.0. The maximum Gasteiger partial charge on any atom is 0.213 e. The second-order valence-electron chi connectivity index (χ2n) is 5.28. The highest BCUT2D eigenvalue weighted by molar-refractivity contribution is 4.99. The molecule has 2 aromatic heterocycles. The van der Waals surface area contributed by atoms with Crippen molar-refractivity contribution in [3.05, 3.63) is 30.4 Å². The average molecular weight is 249 g/mol. The molecule has 0 aliphatic heterocycles. The summed E-state index contributed by atoms with van der Waals surface area (Å²) >= 11 is 0. The normalized spacial score (nSPS) is 11.9. The Morgan fingerprint density at radius 3 is 2.89 bits per heavy atom. The molecule has 0 aliphatic rings. The van der Waals surface area contributed by atoms with Crippen molar-refractivity contribution < 1.29 is 4.52 Å². The maximum absolute atomic E-state index is 4.71. The highest BCUT2D eigenvalue weighted by atomic mass is 16.5. The van der Waals surface area contributed by atoms with Gasteiger partial charge in [0.2, 0.25) is 6.39 Å². The topological polar surface area (TPSA) is 68.8 Å². The van der Waals surface area contributed by atoms with Crippen LogP contribution in [0.4, 0.5) is 0 Å². The Bertz CT molecular complexity index is 469. The third kappa shape index (κ3) is 3.66. The predicted molar refractivity (Wildman–Crippen MR) is 66.8 cm³/mol. The third-order valence-electron chi connectivity index (χ3n) is 2.58. The molecule has 0 atom stereocenters. The number of nitrogens with one attached hydrogen (secondary N) is 1. The molecule has 0 spiro atoms. The van der Waals surface area contributed by atoms with E-state index in [1.807, 2.05) is 12.5 Å². The minimum absolute atomic E-state index is 0.1000. The highest BCUT2D eigenvalue weighted by Crippen LogP contribution is 2.05. The van der Waals surface area contributed by atoms with E-state index in [2.05, 4.69) is 45.8 Å². The molecule has 0 saturated heterocycles. The molecule has 0 fully saturated rings. The lowest BCUT2D eigenvalue weighted by Gasteiger charge is -2.20. The Morgan fingerprint density at radius 2 is 2.22 bits per heavy atom. The standard InChI is InChI=1S/C12H19N5O/c1-12(2,3)15-7-10-6-13-8-17(10)5-4-11-14-9-18-16-11/h6,8-9,15H,4-5,7H2,1-3H3.